The maximum atomic E-state index is 9.29. The first-order chi connectivity index (χ1) is 5.98. The van der Waals surface area contributed by atoms with E-state index >= 15 is 0 Å². The molecule has 0 aromatic heterocycles. The van der Waals surface area contributed by atoms with Crippen molar-refractivity contribution in [3.05, 3.63) is 17.2 Å². The molecule has 1 N–H and O–H groups in total. The molecule has 4 heteroatoms. The summed E-state index contributed by atoms with van der Waals surface area (Å²) in [5.74, 6) is 0.404. The van der Waals surface area contributed by atoms with Gasteiger partial charge >= 0.3 is 0 Å². The summed E-state index contributed by atoms with van der Waals surface area (Å²) in [5.41, 5.74) is 0. The van der Waals surface area contributed by atoms with Crippen molar-refractivity contribution in [1.29, 1.82) is 0 Å². The first-order valence-electron chi connectivity index (χ1n) is 3.88. The van der Waals surface area contributed by atoms with Gasteiger partial charge in [0.25, 0.3) is 0 Å². The second kappa shape index (κ2) is 2.45. The second-order valence-corrected chi connectivity index (χ2v) is 3.76. The monoisotopic (exact) mass is 200 g/mol. The normalized spacial score (nSPS) is 17.5. The molecule has 0 amide bonds. The number of phenolic OH excluding ortho intramolecular Hbond substituents is 1. The van der Waals surface area contributed by atoms with Gasteiger partial charge in [-0.15, -0.1) is 0 Å². The number of fused-ring (bicyclic) bond motifs is 1. The fourth-order valence-corrected chi connectivity index (χ4v) is 1.39. The first kappa shape index (κ1) is 8.51. The zero-order valence-corrected chi connectivity index (χ0v) is 8.05. The lowest BCUT2D eigenvalue weighted by atomic mass is 10.3. The fourth-order valence-electron chi connectivity index (χ4n) is 1.23. The Morgan fingerprint density at radius 1 is 1.23 bits per heavy atom. The molecular formula is C9H9ClO3. The number of hydrogen-bond acceptors (Lipinski definition) is 3. The lowest BCUT2D eigenvalue weighted by molar-refractivity contribution is -0.0431. The molecule has 70 valence electrons. The minimum absolute atomic E-state index is 0.00159. The van der Waals surface area contributed by atoms with Crippen LogP contribution in [-0.2, 0) is 0 Å². The van der Waals surface area contributed by atoms with Gasteiger partial charge in [0.1, 0.15) is 5.75 Å². The Labute approximate surface area is 80.8 Å². The van der Waals surface area contributed by atoms with E-state index in [2.05, 4.69) is 0 Å². The smallest absolute Gasteiger partial charge is 0.246 e. The molecule has 1 aromatic carbocycles. The van der Waals surface area contributed by atoms with Crippen LogP contribution in [0.4, 0.5) is 0 Å². The van der Waals surface area contributed by atoms with Crippen LogP contribution in [0.3, 0.4) is 0 Å². The van der Waals surface area contributed by atoms with E-state index in [0.29, 0.717) is 11.5 Å². The number of halogens is 1. The van der Waals surface area contributed by atoms with Crippen LogP contribution in [0.1, 0.15) is 13.8 Å². The maximum Gasteiger partial charge on any atom is 0.246 e. The zero-order valence-electron chi connectivity index (χ0n) is 7.30. The molecule has 0 aliphatic carbocycles. The van der Waals surface area contributed by atoms with Gasteiger partial charge in [-0.05, 0) is 0 Å². The van der Waals surface area contributed by atoms with Gasteiger partial charge in [-0.3, -0.25) is 0 Å². The summed E-state index contributed by atoms with van der Waals surface area (Å²) in [4.78, 5) is 0. The summed E-state index contributed by atoms with van der Waals surface area (Å²) in [5, 5.41) is 9.55. The van der Waals surface area contributed by atoms with Crippen molar-refractivity contribution in [3.8, 4) is 17.2 Å². The average Bonchev–Trinajstić information content (AvgIpc) is 2.24. The minimum Gasteiger partial charge on any atom is -0.506 e. The molecule has 0 saturated heterocycles. The molecule has 1 aliphatic heterocycles. The van der Waals surface area contributed by atoms with E-state index < -0.39 is 5.79 Å². The molecule has 2 rings (SSSR count). The Morgan fingerprint density at radius 3 is 2.38 bits per heavy atom. The van der Waals surface area contributed by atoms with Crippen molar-refractivity contribution in [2.45, 2.75) is 19.6 Å². The van der Waals surface area contributed by atoms with Gasteiger partial charge in [-0.1, -0.05) is 11.6 Å². The van der Waals surface area contributed by atoms with Crippen molar-refractivity contribution in [3.63, 3.8) is 0 Å². The zero-order chi connectivity index (χ0) is 9.64. The van der Waals surface area contributed by atoms with Crippen LogP contribution in [0.2, 0.25) is 5.02 Å². The third kappa shape index (κ3) is 1.40. The summed E-state index contributed by atoms with van der Waals surface area (Å²) in [6, 6.07) is 2.99. The molecule has 1 heterocycles. The summed E-state index contributed by atoms with van der Waals surface area (Å²) in [6.45, 7) is 3.58. The third-order valence-electron chi connectivity index (χ3n) is 1.72. The molecule has 1 aliphatic rings. The number of ether oxygens (including phenoxy) is 2. The van der Waals surface area contributed by atoms with Crippen LogP contribution in [0.5, 0.6) is 17.2 Å². The van der Waals surface area contributed by atoms with Crippen molar-refractivity contribution in [2.24, 2.45) is 0 Å². The fraction of sp³-hybridized carbons (Fsp3) is 0.333. The Bertz CT molecular complexity index is 327. The highest BCUT2D eigenvalue weighted by Crippen LogP contribution is 2.44. The molecule has 13 heavy (non-hydrogen) atoms. The molecule has 3 nitrogen and oxygen atoms in total. The standard InChI is InChI=1S/C9H9ClO3/c1-9(2)12-7-3-5(10)6(11)4-8(7)13-9/h3-4,11H,1-2H3. The van der Waals surface area contributed by atoms with Gasteiger partial charge in [0.2, 0.25) is 5.79 Å². The summed E-state index contributed by atoms with van der Waals surface area (Å²) >= 11 is 5.70. The van der Waals surface area contributed by atoms with E-state index in [0.717, 1.165) is 0 Å². The second-order valence-electron chi connectivity index (χ2n) is 3.35. The van der Waals surface area contributed by atoms with E-state index in [1.54, 1.807) is 19.9 Å². The molecule has 0 atom stereocenters. The van der Waals surface area contributed by atoms with Gasteiger partial charge in [0.15, 0.2) is 11.5 Å². The summed E-state index contributed by atoms with van der Waals surface area (Å²) in [6.07, 6.45) is 0. The Balaban J connectivity index is 2.48. The van der Waals surface area contributed by atoms with Gasteiger partial charge in [0, 0.05) is 26.0 Å². The van der Waals surface area contributed by atoms with E-state index in [9.17, 15) is 5.11 Å². The predicted molar refractivity (Wildman–Crippen MR) is 48.5 cm³/mol. The predicted octanol–water partition coefficient (Wildman–Crippen LogP) is 2.55. The van der Waals surface area contributed by atoms with Crippen molar-refractivity contribution in [2.75, 3.05) is 0 Å². The molecule has 1 aromatic rings. The van der Waals surface area contributed by atoms with Gasteiger partial charge in [0.05, 0.1) is 5.02 Å². The Kier molecular flexibility index (Phi) is 1.60. The number of hydrogen-bond donors (Lipinski definition) is 1. The molecular weight excluding hydrogens is 192 g/mol. The van der Waals surface area contributed by atoms with Crippen LogP contribution < -0.4 is 9.47 Å². The van der Waals surface area contributed by atoms with Crippen LogP contribution in [0, 0.1) is 0 Å². The lowest BCUT2D eigenvalue weighted by Crippen LogP contribution is -2.29. The van der Waals surface area contributed by atoms with E-state index in [-0.39, 0.29) is 10.8 Å². The highest BCUT2D eigenvalue weighted by atomic mass is 35.5. The van der Waals surface area contributed by atoms with Gasteiger partial charge in [-0.25, -0.2) is 0 Å². The van der Waals surface area contributed by atoms with Gasteiger partial charge in [-0.2, -0.15) is 0 Å². The van der Waals surface area contributed by atoms with E-state index in [4.69, 9.17) is 21.1 Å². The number of phenols is 1. The van der Waals surface area contributed by atoms with E-state index in [1.165, 1.54) is 6.07 Å². The lowest BCUT2D eigenvalue weighted by Gasteiger charge is -2.16. The molecule has 0 unspecified atom stereocenters. The quantitative estimate of drug-likeness (QED) is 0.700. The highest BCUT2D eigenvalue weighted by Gasteiger charge is 2.32. The molecule has 0 radical (unpaired) electrons. The maximum absolute atomic E-state index is 9.29. The van der Waals surface area contributed by atoms with Gasteiger partial charge < -0.3 is 14.6 Å². The van der Waals surface area contributed by atoms with Crippen LogP contribution in [0.15, 0.2) is 12.1 Å². The third-order valence-corrected chi connectivity index (χ3v) is 2.03. The Morgan fingerprint density at radius 2 is 1.77 bits per heavy atom. The SMILES string of the molecule is CC1(C)Oc2cc(O)c(Cl)cc2O1. The topological polar surface area (TPSA) is 38.7 Å². The summed E-state index contributed by atoms with van der Waals surface area (Å²) in [7, 11) is 0. The molecule has 0 saturated carbocycles. The van der Waals surface area contributed by atoms with Crippen LogP contribution in [-0.4, -0.2) is 10.9 Å². The number of benzene rings is 1. The number of aromatic hydroxyl groups is 1. The van der Waals surface area contributed by atoms with E-state index in [1.807, 2.05) is 0 Å². The average molecular weight is 201 g/mol. The van der Waals surface area contributed by atoms with Crippen LogP contribution >= 0.6 is 11.6 Å². The first-order valence-corrected chi connectivity index (χ1v) is 4.26. The van der Waals surface area contributed by atoms with Crippen molar-refractivity contribution >= 4 is 11.6 Å². The van der Waals surface area contributed by atoms with Crippen molar-refractivity contribution in [1.82, 2.24) is 0 Å². The van der Waals surface area contributed by atoms with Crippen molar-refractivity contribution < 1.29 is 14.6 Å². The highest BCUT2D eigenvalue weighted by molar-refractivity contribution is 6.32. The molecule has 0 bridgehead atoms. The molecule has 0 fully saturated rings. The summed E-state index contributed by atoms with van der Waals surface area (Å²) < 4.78 is 10.8. The molecule has 0 spiro atoms. The minimum atomic E-state index is -0.681. The number of rotatable bonds is 0. The largest absolute Gasteiger partial charge is 0.506 e. The van der Waals surface area contributed by atoms with Crippen LogP contribution in [0.25, 0.3) is 0 Å². The Hall–Kier alpha value is -1.09.